The molecule has 0 aliphatic carbocycles. The summed E-state index contributed by atoms with van der Waals surface area (Å²) in [5.74, 6) is 0. The van der Waals surface area contributed by atoms with Crippen LogP contribution in [0.3, 0.4) is 0 Å². The maximum Gasteiger partial charge on any atom is 0.262 e. The predicted octanol–water partition coefficient (Wildman–Crippen LogP) is 3.78. The quantitative estimate of drug-likeness (QED) is 0.770. The fraction of sp³-hybridized carbons (Fsp3) is 0.143. The van der Waals surface area contributed by atoms with Gasteiger partial charge in [0.1, 0.15) is 0 Å². The molecular weight excluding hydrogens is 420 g/mol. The molecule has 0 spiro atoms. The number of anilines is 1. The summed E-state index contributed by atoms with van der Waals surface area (Å²) in [7, 11) is -3.66. The summed E-state index contributed by atoms with van der Waals surface area (Å²) >= 11 is 6.67. The van der Waals surface area contributed by atoms with Crippen LogP contribution in [0.4, 0.5) is 5.69 Å². The number of nitrogens with two attached hydrogens (primary N) is 1. The summed E-state index contributed by atoms with van der Waals surface area (Å²) in [6.07, 6.45) is 0. The molecule has 0 aliphatic heterocycles. The first-order valence-electron chi connectivity index (χ1n) is 6.11. The molecule has 0 saturated carbocycles. The monoisotopic (exact) mass is 432 g/mol. The Bertz CT molecular complexity index is 777. The van der Waals surface area contributed by atoms with E-state index in [9.17, 15) is 8.42 Å². The van der Waals surface area contributed by atoms with Crippen LogP contribution in [0.25, 0.3) is 0 Å². The number of halogens is 2. The second-order valence-corrected chi connectivity index (χ2v) is 7.89. The van der Waals surface area contributed by atoms with Gasteiger partial charge in [0, 0.05) is 15.5 Å². The van der Waals surface area contributed by atoms with Crippen molar-refractivity contribution in [3.05, 3.63) is 56.5 Å². The predicted molar refractivity (Wildman–Crippen MR) is 91.7 cm³/mol. The molecule has 4 nitrogen and oxygen atoms in total. The number of nitrogens with one attached hydrogen (secondary N) is 1. The van der Waals surface area contributed by atoms with E-state index in [1.807, 2.05) is 6.07 Å². The minimum atomic E-state index is -3.66. The van der Waals surface area contributed by atoms with Crippen LogP contribution in [0.5, 0.6) is 0 Å². The van der Waals surface area contributed by atoms with Crippen molar-refractivity contribution in [3.63, 3.8) is 0 Å². The average molecular weight is 434 g/mol. The highest BCUT2D eigenvalue weighted by Crippen LogP contribution is 2.29. The number of hydrogen-bond donors (Lipinski definition) is 2. The second kappa shape index (κ2) is 6.48. The largest absolute Gasteiger partial charge is 0.326 e. The van der Waals surface area contributed by atoms with Crippen molar-refractivity contribution >= 4 is 47.6 Å². The van der Waals surface area contributed by atoms with E-state index in [-0.39, 0.29) is 4.90 Å². The van der Waals surface area contributed by atoms with Gasteiger partial charge in [0.2, 0.25) is 0 Å². The molecule has 0 amide bonds. The Morgan fingerprint density at radius 3 is 2.52 bits per heavy atom. The van der Waals surface area contributed by atoms with E-state index in [1.54, 1.807) is 37.3 Å². The van der Waals surface area contributed by atoms with E-state index in [1.165, 1.54) is 0 Å². The molecule has 0 aliphatic rings. The molecule has 0 unspecified atom stereocenters. The van der Waals surface area contributed by atoms with Crippen LogP contribution in [0.2, 0.25) is 0 Å². The third-order valence-electron chi connectivity index (χ3n) is 3.08. The molecule has 3 N–H and O–H groups in total. The first-order chi connectivity index (χ1) is 9.85. The molecule has 2 aromatic carbocycles. The minimum Gasteiger partial charge on any atom is -0.326 e. The van der Waals surface area contributed by atoms with Gasteiger partial charge in [-0.25, -0.2) is 8.42 Å². The molecule has 7 heteroatoms. The van der Waals surface area contributed by atoms with E-state index in [0.717, 1.165) is 10.0 Å². The molecule has 0 heterocycles. The van der Waals surface area contributed by atoms with E-state index in [2.05, 4.69) is 36.6 Å². The third-order valence-corrected chi connectivity index (χ3v) is 5.74. The Hall–Kier alpha value is -0.890. The molecule has 0 aromatic heterocycles. The zero-order chi connectivity index (χ0) is 15.6. The number of rotatable bonds is 4. The average Bonchev–Trinajstić information content (AvgIpc) is 2.42. The van der Waals surface area contributed by atoms with E-state index in [0.29, 0.717) is 22.3 Å². The van der Waals surface area contributed by atoms with Crippen LogP contribution in [-0.2, 0) is 16.6 Å². The molecule has 0 saturated heterocycles. The van der Waals surface area contributed by atoms with Gasteiger partial charge in [-0.15, -0.1) is 0 Å². The van der Waals surface area contributed by atoms with Crippen LogP contribution in [-0.4, -0.2) is 8.42 Å². The Balaban J connectivity index is 2.43. The highest BCUT2D eigenvalue weighted by molar-refractivity contribution is 9.11. The summed E-state index contributed by atoms with van der Waals surface area (Å²) in [6.45, 7) is 2.06. The lowest BCUT2D eigenvalue weighted by Crippen LogP contribution is -2.16. The Kier molecular flexibility index (Phi) is 5.08. The molecule has 112 valence electrons. The topological polar surface area (TPSA) is 72.2 Å². The Morgan fingerprint density at radius 2 is 1.90 bits per heavy atom. The lowest BCUT2D eigenvalue weighted by atomic mass is 10.1. The number of hydrogen-bond acceptors (Lipinski definition) is 3. The Morgan fingerprint density at radius 1 is 1.19 bits per heavy atom. The van der Waals surface area contributed by atoms with Crippen LogP contribution >= 0.6 is 31.9 Å². The molecule has 0 bridgehead atoms. The van der Waals surface area contributed by atoms with Crippen molar-refractivity contribution < 1.29 is 8.42 Å². The highest BCUT2D eigenvalue weighted by atomic mass is 79.9. The van der Waals surface area contributed by atoms with E-state index in [4.69, 9.17) is 5.73 Å². The van der Waals surface area contributed by atoms with Crippen molar-refractivity contribution in [1.29, 1.82) is 0 Å². The normalized spacial score (nSPS) is 11.4. The maximum atomic E-state index is 12.5. The van der Waals surface area contributed by atoms with Crippen molar-refractivity contribution in [2.75, 3.05) is 4.72 Å². The van der Waals surface area contributed by atoms with Crippen LogP contribution in [0, 0.1) is 6.92 Å². The van der Waals surface area contributed by atoms with E-state index >= 15 is 0 Å². The van der Waals surface area contributed by atoms with Crippen molar-refractivity contribution in [2.24, 2.45) is 5.73 Å². The molecule has 0 radical (unpaired) electrons. The van der Waals surface area contributed by atoms with Crippen molar-refractivity contribution in [2.45, 2.75) is 18.4 Å². The van der Waals surface area contributed by atoms with Crippen LogP contribution in [0.15, 0.2) is 50.2 Å². The first-order valence-corrected chi connectivity index (χ1v) is 9.18. The number of sulfonamides is 1. The molecule has 2 aromatic rings. The van der Waals surface area contributed by atoms with Gasteiger partial charge in [0.05, 0.1) is 10.6 Å². The molecule has 21 heavy (non-hydrogen) atoms. The SMILES string of the molecule is Cc1c(CN)cccc1S(=O)(=O)Nc1ccc(Br)cc1Br. The second-order valence-electron chi connectivity index (χ2n) is 4.47. The minimum absolute atomic E-state index is 0.236. The van der Waals surface area contributed by atoms with Crippen LogP contribution < -0.4 is 10.5 Å². The van der Waals surface area contributed by atoms with Gasteiger partial charge >= 0.3 is 0 Å². The molecular formula is C14H14Br2N2O2S. The zero-order valence-electron chi connectivity index (χ0n) is 11.2. The summed E-state index contributed by atoms with van der Waals surface area (Å²) < 4.78 is 29.2. The fourth-order valence-electron chi connectivity index (χ4n) is 1.94. The zero-order valence-corrected chi connectivity index (χ0v) is 15.2. The van der Waals surface area contributed by atoms with Gasteiger partial charge in [-0.3, -0.25) is 4.72 Å². The standard InChI is InChI=1S/C14H14Br2N2O2S/c1-9-10(8-17)3-2-4-14(9)21(19,20)18-13-6-5-11(15)7-12(13)16/h2-7,18H,8,17H2,1H3. The van der Waals surface area contributed by atoms with Gasteiger partial charge in [-0.05, 0) is 58.2 Å². The van der Waals surface area contributed by atoms with Crippen molar-refractivity contribution in [3.8, 4) is 0 Å². The van der Waals surface area contributed by atoms with Gasteiger partial charge < -0.3 is 5.73 Å². The van der Waals surface area contributed by atoms with Crippen molar-refractivity contribution in [1.82, 2.24) is 0 Å². The summed E-state index contributed by atoms with van der Waals surface area (Å²) in [5, 5.41) is 0. The fourth-order valence-corrected chi connectivity index (χ4v) is 4.59. The lowest BCUT2D eigenvalue weighted by molar-refractivity contribution is 0.600. The van der Waals surface area contributed by atoms with Gasteiger partial charge in [0.15, 0.2) is 0 Å². The molecule has 0 fully saturated rings. The summed E-state index contributed by atoms with van der Waals surface area (Å²) in [4.78, 5) is 0.236. The molecule has 2 rings (SSSR count). The Labute approximate surface area is 141 Å². The van der Waals surface area contributed by atoms with Gasteiger partial charge in [-0.2, -0.15) is 0 Å². The third kappa shape index (κ3) is 3.66. The lowest BCUT2D eigenvalue weighted by Gasteiger charge is -2.13. The van der Waals surface area contributed by atoms with Gasteiger partial charge in [-0.1, -0.05) is 28.1 Å². The number of benzene rings is 2. The summed E-state index contributed by atoms with van der Waals surface area (Å²) in [6, 6.07) is 10.3. The first kappa shape index (κ1) is 16.5. The highest BCUT2D eigenvalue weighted by Gasteiger charge is 2.19. The summed E-state index contributed by atoms with van der Waals surface area (Å²) in [5.41, 5.74) is 7.59. The maximum absolute atomic E-state index is 12.5. The smallest absolute Gasteiger partial charge is 0.262 e. The van der Waals surface area contributed by atoms with E-state index < -0.39 is 10.0 Å². The van der Waals surface area contributed by atoms with Crippen LogP contribution in [0.1, 0.15) is 11.1 Å². The van der Waals surface area contributed by atoms with Gasteiger partial charge in [0.25, 0.3) is 10.0 Å². The molecule has 0 atom stereocenters.